The number of ether oxygens (including phenoxy) is 1. The van der Waals surface area contributed by atoms with E-state index in [1.807, 2.05) is 0 Å². The summed E-state index contributed by atoms with van der Waals surface area (Å²) in [4.78, 5) is 10.5. The number of carbonyl (C=O) groups is 1. The van der Waals surface area contributed by atoms with Gasteiger partial charge < -0.3 is 9.84 Å². The first-order valence-electron chi connectivity index (χ1n) is 3.65. The van der Waals surface area contributed by atoms with Crippen molar-refractivity contribution in [2.24, 2.45) is 5.92 Å². The van der Waals surface area contributed by atoms with E-state index >= 15 is 0 Å². The number of hydrogen-bond donors (Lipinski definition) is 1. The summed E-state index contributed by atoms with van der Waals surface area (Å²) in [5, 5.41) is 8.62. The van der Waals surface area contributed by atoms with Crippen LogP contribution in [0.3, 0.4) is 0 Å². The predicted molar refractivity (Wildman–Crippen MR) is 33.6 cm³/mol. The van der Waals surface area contributed by atoms with Gasteiger partial charge in [0.15, 0.2) is 0 Å². The Labute approximate surface area is 59.0 Å². The maximum Gasteiger partial charge on any atom is 0.306 e. The monoisotopic (exact) mass is 142 g/mol. The number of aliphatic carboxylic acids is 1. The molecule has 1 saturated heterocycles. The minimum absolute atomic E-state index is 0.135. The molecule has 0 amide bonds. The van der Waals surface area contributed by atoms with E-state index in [1.54, 1.807) is 0 Å². The van der Waals surface area contributed by atoms with Gasteiger partial charge in [0.05, 0.1) is 18.1 Å². The maximum atomic E-state index is 10.5. The summed E-state index contributed by atoms with van der Waals surface area (Å²) in [6, 6.07) is 0. The average Bonchev–Trinajstić information content (AvgIpc) is 2.63. The van der Waals surface area contributed by atoms with Crippen molar-refractivity contribution in [3.63, 3.8) is 0 Å². The molecule has 0 aromatic heterocycles. The average molecular weight is 142 g/mol. The number of hydrogen-bond acceptors (Lipinski definition) is 2. The Morgan fingerprint density at radius 2 is 2.20 bits per heavy atom. The van der Waals surface area contributed by atoms with Crippen molar-refractivity contribution >= 4 is 5.97 Å². The Morgan fingerprint density at radius 1 is 1.40 bits per heavy atom. The van der Waals surface area contributed by atoms with Gasteiger partial charge in [0.2, 0.25) is 0 Å². The molecule has 0 radical (unpaired) electrons. The van der Waals surface area contributed by atoms with Gasteiger partial charge in [-0.25, -0.2) is 0 Å². The van der Waals surface area contributed by atoms with Crippen LogP contribution in [0.1, 0.15) is 19.3 Å². The van der Waals surface area contributed by atoms with Crippen LogP contribution in [0.5, 0.6) is 0 Å². The zero-order valence-electron chi connectivity index (χ0n) is 5.62. The Kier molecular flexibility index (Phi) is 1.20. The van der Waals surface area contributed by atoms with E-state index in [9.17, 15) is 4.79 Å². The molecule has 10 heavy (non-hydrogen) atoms. The molecule has 1 aliphatic carbocycles. The third-order valence-corrected chi connectivity index (χ3v) is 2.35. The highest BCUT2D eigenvalue weighted by Gasteiger charge is 2.45. The Bertz CT molecular complexity index is 166. The number of carboxylic acids is 1. The van der Waals surface area contributed by atoms with E-state index in [0.29, 0.717) is 6.10 Å². The van der Waals surface area contributed by atoms with Crippen molar-refractivity contribution in [2.45, 2.75) is 31.5 Å². The van der Waals surface area contributed by atoms with Gasteiger partial charge in [0.25, 0.3) is 0 Å². The second-order valence-corrected chi connectivity index (χ2v) is 3.06. The Balaban J connectivity index is 1.94. The molecule has 56 valence electrons. The molecule has 0 bridgehead atoms. The summed E-state index contributed by atoms with van der Waals surface area (Å²) in [6.07, 6.45) is 3.18. The normalized spacial score (nSPS) is 44.2. The fraction of sp³-hybridized carbons (Fsp3) is 0.857. The first-order valence-corrected chi connectivity index (χ1v) is 3.65. The molecule has 0 aromatic rings. The van der Waals surface area contributed by atoms with Gasteiger partial charge in [0.1, 0.15) is 0 Å². The first-order chi connectivity index (χ1) is 4.77. The highest BCUT2D eigenvalue weighted by molar-refractivity contribution is 5.70. The molecule has 1 N–H and O–H groups in total. The fourth-order valence-corrected chi connectivity index (χ4v) is 1.63. The van der Waals surface area contributed by atoms with E-state index < -0.39 is 5.97 Å². The van der Waals surface area contributed by atoms with Gasteiger partial charge in [-0.3, -0.25) is 4.79 Å². The molecule has 3 heteroatoms. The molecule has 3 nitrogen and oxygen atoms in total. The zero-order chi connectivity index (χ0) is 7.14. The first kappa shape index (κ1) is 6.16. The lowest BCUT2D eigenvalue weighted by Crippen LogP contribution is -2.21. The van der Waals surface area contributed by atoms with Gasteiger partial charge >= 0.3 is 5.97 Å². The van der Waals surface area contributed by atoms with Gasteiger partial charge in [-0.05, 0) is 19.3 Å². The van der Waals surface area contributed by atoms with Crippen LogP contribution in [-0.4, -0.2) is 23.3 Å². The van der Waals surface area contributed by atoms with Crippen LogP contribution in [0.25, 0.3) is 0 Å². The fourth-order valence-electron chi connectivity index (χ4n) is 1.63. The van der Waals surface area contributed by atoms with Crippen molar-refractivity contribution in [3.8, 4) is 0 Å². The minimum atomic E-state index is -0.658. The summed E-state index contributed by atoms with van der Waals surface area (Å²) in [5.74, 6) is -0.794. The smallest absolute Gasteiger partial charge is 0.306 e. The number of rotatable bonds is 1. The molecule has 1 saturated carbocycles. The summed E-state index contributed by atoms with van der Waals surface area (Å²) in [5.41, 5.74) is 0. The maximum absolute atomic E-state index is 10.5. The second kappa shape index (κ2) is 1.95. The van der Waals surface area contributed by atoms with Gasteiger partial charge in [0, 0.05) is 0 Å². The summed E-state index contributed by atoms with van der Waals surface area (Å²) in [6.45, 7) is 0. The Morgan fingerprint density at radius 3 is 2.80 bits per heavy atom. The third-order valence-electron chi connectivity index (χ3n) is 2.35. The molecule has 1 aliphatic heterocycles. The van der Waals surface area contributed by atoms with Gasteiger partial charge in [-0.1, -0.05) is 0 Å². The van der Waals surface area contributed by atoms with Crippen molar-refractivity contribution in [1.29, 1.82) is 0 Å². The Hall–Kier alpha value is -0.570. The molecular weight excluding hydrogens is 132 g/mol. The van der Waals surface area contributed by atoms with E-state index in [0.717, 1.165) is 19.3 Å². The van der Waals surface area contributed by atoms with Crippen molar-refractivity contribution in [1.82, 2.24) is 0 Å². The highest BCUT2D eigenvalue weighted by atomic mass is 16.6. The van der Waals surface area contributed by atoms with Crippen LogP contribution in [0.15, 0.2) is 0 Å². The third kappa shape index (κ3) is 0.904. The van der Waals surface area contributed by atoms with Crippen LogP contribution in [-0.2, 0) is 9.53 Å². The summed E-state index contributed by atoms with van der Waals surface area (Å²) >= 11 is 0. The van der Waals surface area contributed by atoms with Crippen LogP contribution < -0.4 is 0 Å². The standard InChI is InChI=1S/C7H10O3/c8-7(9)4-1-2-5-6(3-4)10-5/h4-6H,1-3H2,(H,8,9). The van der Waals surface area contributed by atoms with Crippen LogP contribution in [0.2, 0.25) is 0 Å². The molecule has 3 unspecified atom stereocenters. The number of fused-ring (bicyclic) bond motifs is 1. The van der Waals surface area contributed by atoms with Crippen LogP contribution >= 0.6 is 0 Å². The molecular formula is C7H10O3. The molecule has 0 aromatic carbocycles. The lowest BCUT2D eigenvalue weighted by atomic mass is 9.90. The summed E-state index contributed by atoms with van der Waals surface area (Å²) < 4.78 is 5.19. The van der Waals surface area contributed by atoms with E-state index in [4.69, 9.17) is 9.84 Å². The van der Waals surface area contributed by atoms with Crippen LogP contribution in [0.4, 0.5) is 0 Å². The molecule has 2 fully saturated rings. The number of epoxide rings is 1. The van der Waals surface area contributed by atoms with E-state index in [1.165, 1.54) is 0 Å². The highest BCUT2D eigenvalue weighted by Crippen LogP contribution is 2.39. The predicted octanol–water partition coefficient (Wildman–Crippen LogP) is 0.638. The van der Waals surface area contributed by atoms with Gasteiger partial charge in [-0.15, -0.1) is 0 Å². The molecule has 3 atom stereocenters. The quantitative estimate of drug-likeness (QED) is 0.546. The molecule has 2 rings (SSSR count). The van der Waals surface area contributed by atoms with Crippen molar-refractivity contribution < 1.29 is 14.6 Å². The van der Waals surface area contributed by atoms with E-state index in [2.05, 4.69) is 0 Å². The second-order valence-electron chi connectivity index (χ2n) is 3.06. The van der Waals surface area contributed by atoms with Crippen LogP contribution in [0, 0.1) is 5.92 Å². The van der Waals surface area contributed by atoms with Gasteiger partial charge in [-0.2, -0.15) is 0 Å². The lowest BCUT2D eigenvalue weighted by molar-refractivity contribution is -0.142. The lowest BCUT2D eigenvalue weighted by Gasteiger charge is -2.12. The molecule has 1 heterocycles. The van der Waals surface area contributed by atoms with Crippen molar-refractivity contribution in [2.75, 3.05) is 0 Å². The molecule has 0 spiro atoms. The minimum Gasteiger partial charge on any atom is -0.481 e. The molecule has 2 aliphatic rings. The zero-order valence-corrected chi connectivity index (χ0v) is 5.62. The van der Waals surface area contributed by atoms with E-state index in [-0.39, 0.29) is 12.0 Å². The van der Waals surface area contributed by atoms with Crippen molar-refractivity contribution in [3.05, 3.63) is 0 Å². The summed E-state index contributed by atoms with van der Waals surface area (Å²) in [7, 11) is 0. The topological polar surface area (TPSA) is 49.8 Å². The largest absolute Gasteiger partial charge is 0.481 e. The SMILES string of the molecule is O=C(O)C1CCC2OC2C1. The number of carboxylic acid groups (broad SMARTS) is 1.